The molecule has 0 radical (unpaired) electrons. The van der Waals surface area contributed by atoms with E-state index in [1.165, 1.54) is 16.1 Å². The molecule has 2 aromatic heterocycles. The van der Waals surface area contributed by atoms with Crippen LogP contribution in [0.1, 0.15) is 13.3 Å². The number of nitrogens with zero attached hydrogens (tertiary/aromatic N) is 3. The molecule has 204 valence electrons. The van der Waals surface area contributed by atoms with Gasteiger partial charge in [0.15, 0.2) is 17.8 Å². The highest BCUT2D eigenvalue weighted by atomic mass is 127. The van der Waals surface area contributed by atoms with E-state index in [0.717, 1.165) is 10.6 Å². The van der Waals surface area contributed by atoms with Crippen LogP contribution < -0.4 is 33.9 Å². The zero-order valence-electron chi connectivity index (χ0n) is 20.7. The van der Waals surface area contributed by atoms with Gasteiger partial charge >= 0.3 is 5.97 Å². The molecule has 2 aliphatic heterocycles. The molecule has 38 heavy (non-hydrogen) atoms. The molecule has 10 nitrogen and oxygen atoms in total. The van der Waals surface area contributed by atoms with Gasteiger partial charge in [-0.1, -0.05) is 23.4 Å². The van der Waals surface area contributed by atoms with E-state index in [1.807, 2.05) is 30.1 Å². The first kappa shape index (κ1) is 28.9. The maximum atomic E-state index is 13.6. The van der Waals surface area contributed by atoms with Crippen molar-refractivity contribution in [2.45, 2.75) is 34.7 Å². The highest BCUT2D eigenvalue weighted by Gasteiger charge is 2.41. The molecule has 3 aromatic rings. The second kappa shape index (κ2) is 11.6. The second-order valence-corrected chi connectivity index (χ2v) is 12.4. The number of halogens is 2. The summed E-state index contributed by atoms with van der Waals surface area (Å²) in [6.07, 6.45) is 3.73. The van der Waals surface area contributed by atoms with Crippen molar-refractivity contribution in [3.05, 3.63) is 47.7 Å². The molecule has 4 heterocycles. The Hall–Kier alpha value is -2.07. The van der Waals surface area contributed by atoms with Crippen LogP contribution in [0, 0.1) is 0 Å². The molecule has 0 bridgehead atoms. The number of aromatic nitrogens is 2. The van der Waals surface area contributed by atoms with E-state index in [0.29, 0.717) is 15.9 Å². The summed E-state index contributed by atoms with van der Waals surface area (Å²) in [5.41, 5.74) is 1.51. The molecule has 1 fully saturated rings. The van der Waals surface area contributed by atoms with Gasteiger partial charge in [-0.25, -0.2) is 13.0 Å². The number of hydrogen-bond acceptors (Lipinski definition) is 7. The Morgan fingerprint density at radius 1 is 1.24 bits per heavy atom. The first-order valence-electron chi connectivity index (χ1n) is 11.8. The minimum absolute atomic E-state index is 0. The number of amides is 1. The quantitative estimate of drug-likeness (QED) is 0.201. The summed E-state index contributed by atoms with van der Waals surface area (Å²) in [5, 5.41) is 3.90. The summed E-state index contributed by atoms with van der Waals surface area (Å²) in [4.78, 5) is 31.5. The third kappa shape index (κ3) is 5.76. The monoisotopic (exact) mass is 691 g/mol. The van der Waals surface area contributed by atoms with Crippen molar-refractivity contribution < 1.29 is 51.3 Å². The predicted molar refractivity (Wildman–Crippen MR) is 140 cm³/mol. The number of rotatable bonds is 6. The molecule has 1 amide bonds. The molecule has 0 saturated carbocycles. The Bertz CT molecular complexity index is 1480. The number of anilines is 1. The van der Waals surface area contributed by atoms with Gasteiger partial charge in [0.05, 0.1) is 29.7 Å². The largest absolute Gasteiger partial charge is 1.00 e. The number of aromatic amines is 1. The second-order valence-electron chi connectivity index (χ2n) is 8.95. The van der Waals surface area contributed by atoms with E-state index in [4.69, 9.17) is 16.3 Å². The molecule has 5 rings (SSSR count). The topological polar surface area (TPSA) is 116 Å². The highest BCUT2D eigenvalue weighted by Crippen LogP contribution is 2.38. The average Bonchev–Trinajstić information content (AvgIpc) is 3.47. The summed E-state index contributed by atoms with van der Waals surface area (Å²) >= 11 is 7.46. The van der Waals surface area contributed by atoms with Gasteiger partial charge in [0, 0.05) is 41.6 Å². The summed E-state index contributed by atoms with van der Waals surface area (Å²) < 4.78 is 35.4. The molecule has 2 N–H and O–H groups in total. The average molecular weight is 692 g/mol. The molecule has 14 heteroatoms. The molecular weight excluding hydrogens is 665 g/mol. The first-order valence-corrected chi connectivity index (χ1v) is 14.5. The van der Waals surface area contributed by atoms with Crippen molar-refractivity contribution >= 4 is 61.9 Å². The summed E-state index contributed by atoms with van der Waals surface area (Å²) in [7, 11) is -2.00. The SMILES string of the molecule is CCOC(=O)CC1CN(S(=O)(=O)c2cc3cc(Cl)ccc3[nH]2)CCN1C(=O)C1Nc2cc[n+](C)cc2S1.[I-]. The highest BCUT2D eigenvalue weighted by molar-refractivity contribution is 8.01. The summed E-state index contributed by atoms with van der Waals surface area (Å²) in [6.45, 7) is 2.13. The van der Waals surface area contributed by atoms with Crippen LogP contribution in [0.5, 0.6) is 0 Å². The molecule has 2 unspecified atom stereocenters. The lowest BCUT2D eigenvalue weighted by Crippen LogP contribution is -3.00. The maximum Gasteiger partial charge on any atom is 0.307 e. The first-order chi connectivity index (χ1) is 17.7. The van der Waals surface area contributed by atoms with Crippen molar-refractivity contribution in [3.63, 3.8) is 0 Å². The van der Waals surface area contributed by atoms with Gasteiger partial charge in [0.1, 0.15) is 12.1 Å². The Morgan fingerprint density at radius 3 is 2.79 bits per heavy atom. The number of esters is 1. The lowest BCUT2D eigenvalue weighted by molar-refractivity contribution is -0.673. The third-order valence-corrected chi connectivity index (χ3v) is 9.59. The van der Waals surface area contributed by atoms with Crippen LogP contribution in [0.4, 0.5) is 5.69 Å². The number of sulfonamides is 1. The molecule has 1 saturated heterocycles. The van der Waals surface area contributed by atoms with Crippen LogP contribution in [0.2, 0.25) is 5.02 Å². The van der Waals surface area contributed by atoms with E-state index in [-0.39, 0.29) is 67.6 Å². The van der Waals surface area contributed by atoms with E-state index < -0.39 is 27.4 Å². The predicted octanol–water partition coefficient (Wildman–Crippen LogP) is -0.652. The van der Waals surface area contributed by atoms with Gasteiger partial charge in [0.25, 0.3) is 15.9 Å². The van der Waals surface area contributed by atoms with Crippen molar-refractivity contribution in [2.24, 2.45) is 7.05 Å². The van der Waals surface area contributed by atoms with Gasteiger partial charge in [-0.2, -0.15) is 4.31 Å². The number of piperazine rings is 1. The molecule has 0 aliphatic carbocycles. The smallest absolute Gasteiger partial charge is 0.307 e. The summed E-state index contributed by atoms with van der Waals surface area (Å²) in [6, 6.07) is 7.88. The van der Waals surface area contributed by atoms with Gasteiger partial charge in [-0.3, -0.25) is 9.59 Å². The number of fused-ring (bicyclic) bond motifs is 2. The fourth-order valence-corrected chi connectivity index (χ4v) is 7.44. The minimum atomic E-state index is -3.91. The summed E-state index contributed by atoms with van der Waals surface area (Å²) in [5.74, 6) is -0.678. The Balaban J connectivity index is 0.00000336. The van der Waals surface area contributed by atoms with Crippen molar-refractivity contribution in [2.75, 3.05) is 31.6 Å². The van der Waals surface area contributed by atoms with Crippen molar-refractivity contribution in [3.8, 4) is 0 Å². The molecule has 0 spiro atoms. The van der Waals surface area contributed by atoms with E-state index in [2.05, 4.69) is 10.3 Å². The zero-order valence-corrected chi connectivity index (χ0v) is 25.2. The Labute approximate surface area is 247 Å². The van der Waals surface area contributed by atoms with E-state index in [1.54, 1.807) is 36.1 Å². The van der Waals surface area contributed by atoms with Gasteiger partial charge in [0.2, 0.25) is 0 Å². The van der Waals surface area contributed by atoms with Gasteiger partial charge in [-0.05, 0) is 31.2 Å². The van der Waals surface area contributed by atoms with E-state index >= 15 is 0 Å². The lowest BCUT2D eigenvalue weighted by atomic mass is 10.1. The fraction of sp³-hybridized carbons (Fsp3) is 0.375. The number of benzene rings is 1. The molecule has 1 aromatic carbocycles. The molecular formula is C24H27ClIN5O5S2. The number of thioether (sulfide) groups is 1. The number of aryl methyl sites for hydroxylation is 1. The zero-order chi connectivity index (χ0) is 26.3. The van der Waals surface area contributed by atoms with E-state index in [9.17, 15) is 18.0 Å². The number of carbonyl (C=O) groups excluding carboxylic acids is 2. The molecule has 2 aliphatic rings. The number of H-pyrrole nitrogens is 1. The number of hydrogen-bond donors (Lipinski definition) is 2. The Morgan fingerprint density at radius 2 is 2.03 bits per heavy atom. The number of ether oxygens (including phenoxy) is 1. The van der Waals surface area contributed by atoms with Crippen LogP contribution in [0.15, 0.2) is 52.6 Å². The van der Waals surface area contributed by atoms with Crippen molar-refractivity contribution in [1.29, 1.82) is 0 Å². The normalized spacial score (nSPS) is 19.5. The molecule has 2 atom stereocenters. The van der Waals surface area contributed by atoms with Crippen molar-refractivity contribution in [1.82, 2.24) is 14.2 Å². The lowest BCUT2D eigenvalue weighted by Gasteiger charge is -2.41. The Kier molecular flexibility index (Phi) is 8.81. The number of pyridine rings is 1. The third-order valence-electron chi connectivity index (χ3n) is 6.43. The van der Waals surface area contributed by atoms with Crippen LogP contribution >= 0.6 is 23.4 Å². The standard InChI is InChI=1S/C24H26ClN5O5S2.HI/c1-3-35-22(31)12-17-13-29(37(33,34)21-11-15-10-16(25)4-5-18(15)26-21)8-9-30(17)24(32)23-27-19-6-7-28(2)14-20(19)36-23;/h4-7,10-11,14,17,23,26H,3,8-9,12-13H2,1-2H3;1H. The van der Waals surface area contributed by atoms with Crippen LogP contribution in [-0.4, -0.2) is 72.1 Å². The number of nitrogens with one attached hydrogen (secondary N) is 2. The minimum Gasteiger partial charge on any atom is -1.00 e. The van der Waals surface area contributed by atoms with Gasteiger partial charge in [-0.15, -0.1) is 0 Å². The number of carbonyl (C=O) groups is 2. The van der Waals surface area contributed by atoms with Crippen LogP contribution in [0.3, 0.4) is 0 Å². The van der Waals surface area contributed by atoms with Crippen LogP contribution in [-0.2, 0) is 31.4 Å². The fourth-order valence-electron chi connectivity index (χ4n) is 4.62. The van der Waals surface area contributed by atoms with Gasteiger partial charge < -0.3 is 43.9 Å². The maximum absolute atomic E-state index is 13.6. The van der Waals surface area contributed by atoms with Crippen LogP contribution in [0.25, 0.3) is 10.9 Å².